The molecule has 0 saturated heterocycles. The largest absolute Gasteiger partial charge is 0.381 e. The van der Waals surface area contributed by atoms with Gasteiger partial charge in [0, 0.05) is 16.4 Å². The van der Waals surface area contributed by atoms with Crippen molar-refractivity contribution in [1.82, 2.24) is 5.32 Å². The minimum Gasteiger partial charge on any atom is -0.381 e. The third-order valence-corrected chi connectivity index (χ3v) is 1.94. The Balaban J connectivity index is 5.06. The van der Waals surface area contributed by atoms with Crippen LogP contribution in [0.4, 0.5) is 0 Å². The molecule has 0 aromatic heterocycles. The van der Waals surface area contributed by atoms with Gasteiger partial charge in [0.1, 0.15) is 0 Å². The van der Waals surface area contributed by atoms with E-state index in [4.69, 9.17) is 4.11 Å². The van der Waals surface area contributed by atoms with Crippen molar-refractivity contribution in [2.24, 2.45) is 0 Å². The summed E-state index contributed by atoms with van der Waals surface area (Å²) < 4.78 is 22.3. The zero-order chi connectivity index (χ0) is 14.2. The maximum Gasteiger partial charge on any atom is 0.0403 e. The van der Waals surface area contributed by atoms with Gasteiger partial charge in [-0.1, -0.05) is 37.5 Å². The Labute approximate surface area is 97.8 Å². The van der Waals surface area contributed by atoms with E-state index in [1.165, 1.54) is 6.08 Å². The Morgan fingerprint density at radius 1 is 1.33 bits per heavy atom. The standard InChI is InChI=1S/C14H21N/c1-6-10-14(9-4)15-11-13(8-3)12(5)7-2/h6-10,15H,2-3,11H2,1,4-5H3/b10-6-,13-12+,14-9+/i5D3. The molecule has 0 spiro atoms. The van der Waals surface area contributed by atoms with Gasteiger partial charge in [0.15, 0.2) is 0 Å². The van der Waals surface area contributed by atoms with Crippen LogP contribution in [0, 0.1) is 0 Å². The van der Waals surface area contributed by atoms with Crippen LogP contribution in [0.2, 0.25) is 0 Å². The molecule has 82 valence electrons. The van der Waals surface area contributed by atoms with Crippen LogP contribution in [0.25, 0.3) is 0 Å². The summed E-state index contributed by atoms with van der Waals surface area (Å²) in [5.74, 6) is 0. The Morgan fingerprint density at radius 2 is 2.07 bits per heavy atom. The van der Waals surface area contributed by atoms with E-state index in [9.17, 15) is 0 Å². The van der Waals surface area contributed by atoms with E-state index in [1.54, 1.807) is 6.08 Å². The second-order valence-corrected chi connectivity index (χ2v) is 2.94. The van der Waals surface area contributed by atoms with Crippen molar-refractivity contribution < 1.29 is 4.11 Å². The Morgan fingerprint density at radius 3 is 2.47 bits per heavy atom. The van der Waals surface area contributed by atoms with Crippen molar-refractivity contribution in [3.63, 3.8) is 0 Å². The van der Waals surface area contributed by atoms with Gasteiger partial charge in [-0.25, -0.2) is 0 Å². The van der Waals surface area contributed by atoms with Crippen molar-refractivity contribution in [2.75, 3.05) is 6.54 Å². The summed E-state index contributed by atoms with van der Waals surface area (Å²) in [6, 6.07) is 0. The summed E-state index contributed by atoms with van der Waals surface area (Å²) in [4.78, 5) is 0. The lowest BCUT2D eigenvalue weighted by atomic mass is 10.1. The van der Waals surface area contributed by atoms with Crippen molar-refractivity contribution in [2.45, 2.75) is 20.7 Å². The summed E-state index contributed by atoms with van der Waals surface area (Å²) >= 11 is 0. The van der Waals surface area contributed by atoms with Crippen molar-refractivity contribution in [3.8, 4) is 0 Å². The normalized spacial score (nSPS) is 17.5. The molecule has 0 bridgehead atoms. The molecule has 0 rings (SSSR count). The number of hydrogen-bond acceptors (Lipinski definition) is 1. The van der Waals surface area contributed by atoms with Crippen LogP contribution >= 0.6 is 0 Å². The molecule has 0 saturated carbocycles. The predicted octanol–water partition coefficient (Wildman–Crippen LogP) is 3.74. The highest BCUT2D eigenvalue weighted by Crippen LogP contribution is 2.05. The molecule has 0 fully saturated rings. The van der Waals surface area contributed by atoms with E-state index in [-0.39, 0.29) is 5.57 Å². The van der Waals surface area contributed by atoms with Gasteiger partial charge < -0.3 is 5.32 Å². The lowest BCUT2D eigenvalue weighted by Gasteiger charge is -2.09. The maximum atomic E-state index is 7.43. The Bertz CT molecular complexity index is 384. The van der Waals surface area contributed by atoms with Gasteiger partial charge in [-0.2, -0.15) is 0 Å². The fourth-order valence-corrected chi connectivity index (χ4v) is 1.04. The van der Waals surface area contributed by atoms with Crippen LogP contribution in [-0.4, -0.2) is 6.54 Å². The summed E-state index contributed by atoms with van der Waals surface area (Å²) in [5.41, 5.74) is 1.81. The second kappa shape index (κ2) is 7.86. The van der Waals surface area contributed by atoms with Crippen LogP contribution in [0.5, 0.6) is 0 Å². The van der Waals surface area contributed by atoms with E-state index in [0.717, 1.165) is 5.70 Å². The topological polar surface area (TPSA) is 12.0 Å². The quantitative estimate of drug-likeness (QED) is 0.653. The van der Waals surface area contributed by atoms with Crippen molar-refractivity contribution in [1.29, 1.82) is 0 Å². The molecule has 0 atom stereocenters. The zero-order valence-electron chi connectivity index (χ0n) is 12.5. The molecule has 0 aliphatic rings. The molecular weight excluding hydrogens is 182 g/mol. The van der Waals surface area contributed by atoms with E-state index in [2.05, 4.69) is 18.5 Å². The summed E-state index contributed by atoms with van der Waals surface area (Å²) in [6.07, 6.45) is 8.68. The molecule has 1 nitrogen and oxygen atoms in total. The van der Waals surface area contributed by atoms with Gasteiger partial charge in [0.05, 0.1) is 0 Å². The summed E-state index contributed by atoms with van der Waals surface area (Å²) in [6.45, 7) is 9.30. The first-order valence-corrected chi connectivity index (χ1v) is 4.92. The molecule has 0 heterocycles. The van der Waals surface area contributed by atoms with E-state index in [1.807, 2.05) is 32.1 Å². The molecule has 0 radical (unpaired) electrons. The Kier molecular flexibility index (Phi) is 4.60. The molecule has 0 aliphatic carbocycles. The van der Waals surface area contributed by atoms with Crippen LogP contribution < -0.4 is 5.32 Å². The lowest BCUT2D eigenvalue weighted by molar-refractivity contribution is 0.901. The first-order valence-electron chi connectivity index (χ1n) is 6.42. The first-order chi connectivity index (χ1) is 8.40. The fourth-order valence-electron chi connectivity index (χ4n) is 1.04. The van der Waals surface area contributed by atoms with Gasteiger partial charge in [0.2, 0.25) is 0 Å². The molecule has 0 amide bonds. The van der Waals surface area contributed by atoms with Crippen LogP contribution in [0.15, 0.2) is 60.4 Å². The third kappa shape index (κ3) is 5.06. The second-order valence-electron chi connectivity index (χ2n) is 2.94. The molecule has 0 aromatic carbocycles. The fraction of sp³-hybridized carbons (Fsp3) is 0.286. The molecule has 0 aromatic rings. The average molecular weight is 206 g/mol. The average Bonchev–Trinajstić information content (AvgIpc) is 2.30. The number of allylic oxidation sites excluding steroid dienone is 5. The molecule has 1 N–H and O–H groups in total. The zero-order valence-corrected chi connectivity index (χ0v) is 9.51. The molecular formula is C14H21N. The predicted molar refractivity (Wildman–Crippen MR) is 69.7 cm³/mol. The van der Waals surface area contributed by atoms with Gasteiger partial charge in [0.25, 0.3) is 0 Å². The highest BCUT2D eigenvalue weighted by atomic mass is 14.9. The van der Waals surface area contributed by atoms with E-state index < -0.39 is 6.85 Å². The molecule has 0 unspecified atom stereocenters. The number of hydrogen-bond donors (Lipinski definition) is 1. The van der Waals surface area contributed by atoms with Crippen molar-refractivity contribution >= 4 is 0 Å². The third-order valence-electron chi connectivity index (χ3n) is 1.94. The molecule has 0 aliphatic heterocycles. The minimum atomic E-state index is -2.16. The smallest absolute Gasteiger partial charge is 0.0403 e. The van der Waals surface area contributed by atoms with Gasteiger partial charge in [-0.3, -0.25) is 0 Å². The van der Waals surface area contributed by atoms with Crippen molar-refractivity contribution in [3.05, 3.63) is 60.4 Å². The van der Waals surface area contributed by atoms with Crippen LogP contribution in [0.1, 0.15) is 24.8 Å². The van der Waals surface area contributed by atoms with Crippen LogP contribution in [0.3, 0.4) is 0 Å². The number of rotatable bonds is 6. The number of nitrogens with one attached hydrogen (secondary N) is 1. The Hall–Kier alpha value is -1.50. The minimum absolute atomic E-state index is 0.237. The summed E-state index contributed by atoms with van der Waals surface area (Å²) in [7, 11) is 0. The highest BCUT2D eigenvalue weighted by Gasteiger charge is 1.96. The van der Waals surface area contributed by atoms with Crippen LogP contribution in [-0.2, 0) is 0 Å². The molecule has 15 heavy (non-hydrogen) atoms. The monoisotopic (exact) mass is 206 g/mol. The van der Waals surface area contributed by atoms with Gasteiger partial charge in [-0.15, -0.1) is 0 Å². The lowest BCUT2D eigenvalue weighted by Crippen LogP contribution is -2.15. The van der Waals surface area contributed by atoms with E-state index in [0.29, 0.717) is 12.1 Å². The maximum absolute atomic E-state index is 7.43. The summed E-state index contributed by atoms with van der Waals surface area (Å²) in [5, 5.41) is 3.16. The first kappa shape index (κ1) is 8.78. The van der Waals surface area contributed by atoms with E-state index >= 15 is 0 Å². The highest BCUT2D eigenvalue weighted by molar-refractivity contribution is 5.32. The SMILES string of the molecule is [2H]C([2H])([2H])/C(C=C)=C(/C=C)CNC(/C=C\C)=C/C. The van der Waals surface area contributed by atoms with Gasteiger partial charge >= 0.3 is 0 Å². The van der Waals surface area contributed by atoms with Gasteiger partial charge in [-0.05, 0) is 37.9 Å². The molecule has 1 heteroatoms.